The van der Waals surface area contributed by atoms with Gasteiger partial charge < -0.3 is 0 Å². The van der Waals surface area contributed by atoms with E-state index in [0.29, 0.717) is 0 Å². The largest absolute Gasteiger partial charge is 0.252 e. The van der Waals surface area contributed by atoms with Gasteiger partial charge in [-0.25, -0.2) is 4.68 Å². The monoisotopic (exact) mass is 416 g/mol. The van der Waals surface area contributed by atoms with Crippen molar-refractivity contribution in [1.29, 1.82) is 0 Å². The molecule has 144 valence electrons. The maximum Gasteiger partial charge on any atom is 0.216 e. The first-order chi connectivity index (χ1) is 14.3. The number of thioether (sulfide) groups is 2. The van der Waals surface area contributed by atoms with Gasteiger partial charge in [0.05, 0.1) is 0 Å². The van der Waals surface area contributed by atoms with Gasteiger partial charge >= 0.3 is 0 Å². The predicted molar refractivity (Wildman–Crippen MR) is 123 cm³/mol. The van der Waals surface area contributed by atoms with Crippen molar-refractivity contribution in [3.8, 4) is 0 Å². The lowest BCUT2D eigenvalue weighted by molar-refractivity contribution is 0.593. The second-order valence-corrected chi connectivity index (χ2v) is 9.38. The van der Waals surface area contributed by atoms with Crippen molar-refractivity contribution in [2.45, 2.75) is 36.7 Å². The highest BCUT2D eigenvalue weighted by atomic mass is 32.2. The van der Waals surface area contributed by atoms with Gasteiger partial charge in [0.15, 0.2) is 5.82 Å². The van der Waals surface area contributed by atoms with E-state index in [4.69, 9.17) is 0 Å². The fourth-order valence-electron chi connectivity index (χ4n) is 4.29. The molecule has 1 unspecified atom stereocenters. The number of benzene rings is 3. The minimum Gasteiger partial charge on any atom is -0.252 e. The highest BCUT2D eigenvalue weighted by Gasteiger charge is 2.40. The van der Waals surface area contributed by atoms with E-state index in [1.54, 1.807) is 11.8 Å². The van der Waals surface area contributed by atoms with E-state index in [2.05, 4.69) is 86.8 Å². The van der Waals surface area contributed by atoms with Gasteiger partial charge in [-0.15, -0.1) is 10.2 Å². The summed E-state index contributed by atoms with van der Waals surface area (Å²) in [5.74, 6) is 1.06. The Labute approximate surface area is 178 Å². The molecular weight excluding hydrogens is 396 g/mol. The van der Waals surface area contributed by atoms with E-state index < -0.39 is 0 Å². The first-order valence-electron chi connectivity index (χ1n) is 10.0. The summed E-state index contributed by atoms with van der Waals surface area (Å²) >= 11 is 3.61. The summed E-state index contributed by atoms with van der Waals surface area (Å²) in [6, 6.07) is 19.8. The van der Waals surface area contributed by atoms with E-state index in [9.17, 15) is 0 Å². The van der Waals surface area contributed by atoms with Crippen molar-refractivity contribution in [2.24, 2.45) is 0 Å². The third-order valence-electron chi connectivity index (χ3n) is 5.65. The van der Waals surface area contributed by atoms with Crippen LogP contribution in [0, 0.1) is 0 Å². The van der Waals surface area contributed by atoms with Crippen LogP contribution >= 0.6 is 23.5 Å². The molecule has 1 aromatic heterocycles. The molecule has 3 heterocycles. The van der Waals surface area contributed by atoms with Gasteiger partial charge in [-0.2, -0.15) is 0 Å². The van der Waals surface area contributed by atoms with E-state index >= 15 is 0 Å². The summed E-state index contributed by atoms with van der Waals surface area (Å²) < 4.78 is 2.26. The molecule has 0 fully saturated rings. The van der Waals surface area contributed by atoms with Crippen LogP contribution in [0.25, 0.3) is 21.5 Å². The molecule has 3 aromatic carbocycles. The van der Waals surface area contributed by atoms with Crippen LogP contribution in [0.2, 0.25) is 0 Å². The lowest BCUT2D eigenvalue weighted by atomic mass is 9.96. The summed E-state index contributed by atoms with van der Waals surface area (Å²) in [5.41, 5.74) is 1.37. The zero-order valence-electron chi connectivity index (χ0n) is 16.1. The fraction of sp³-hybridized carbons (Fsp3) is 0.217. The van der Waals surface area contributed by atoms with Gasteiger partial charge in [0.2, 0.25) is 5.16 Å². The Kier molecular flexibility index (Phi) is 4.09. The molecule has 0 spiro atoms. The molecule has 0 N–H and O–H groups in total. The van der Waals surface area contributed by atoms with Crippen molar-refractivity contribution in [1.82, 2.24) is 14.9 Å². The Bertz CT molecular complexity index is 1220. The van der Waals surface area contributed by atoms with Crippen molar-refractivity contribution in [3.05, 3.63) is 76.4 Å². The number of aryl methyl sites for hydroxylation is 1. The molecule has 2 aliphatic heterocycles. The molecule has 0 bridgehead atoms. The zero-order valence-corrected chi connectivity index (χ0v) is 17.7. The molecule has 6 rings (SSSR count). The highest BCUT2D eigenvalue weighted by molar-refractivity contribution is 8.07. The molecule has 6 heteroatoms. The molecule has 0 aliphatic carbocycles. The third kappa shape index (κ3) is 2.62. The number of nitrogens with zero attached hydrogens (tertiary/aromatic N) is 4. The summed E-state index contributed by atoms with van der Waals surface area (Å²) in [6.07, 6.45) is 3.25. The van der Waals surface area contributed by atoms with Gasteiger partial charge in [-0.3, -0.25) is 5.01 Å². The Morgan fingerprint density at radius 1 is 0.966 bits per heavy atom. The summed E-state index contributed by atoms with van der Waals surface area (Å²) in [4.78, 5) is 0. The highest BCUT2D eigenvalue weighted by Crippen LogP contribution is 2.53. The van der Waals surface area contributed by atoms with Crippen LogP contribution in [0.15, 0.2) is 70.2 Å². The first-order valence-corrected chi connectivity index (χ1v) is 11.8. The molecule has 0 saturated carbocycles. The average molecular weight is 417 g/mol. The van der Waals surface area contributed by atoms with Crippen molar-refractivity contribution in [2.75, 3.05) is 5.01 Å². The van der Waals surface area contributed by atoms with E-state index in [1.165, 1.54) is 32.1 Å². The molecule has 0 saturated heterocycles. The minimum absolute atomic E-state index is 0.172. The number of fused-ring (bicyclic) bond motifs is 5. The zero-order chi connectivity index (χ0) is 19.4. The van der Waals surface area contributed by atoms with E-state index in [0.717, 1.165) is 30.2 Å². The molecular formula is C23H20N4S2. The maximum absolute atomic E-state index is 4.50. The normalized spacial score (nSPS) is 17.8. The standard InChI is InChI=1S/C23H20N4S2/c1-2-3-12-19-24-25-23-26(19)27-20(29-23)14-28-22(27)21-17-10-6-4-8-15(17)13-16-9-5-7-11-18(16)21/h4-11,13-14,22H,2-3,12H2,1H3. The molecule has 0 radical (unpaired) electrons. The van der Waals surface area contributed by atoms with Crippen LogP contribution in [0.3, 0.4) is 0 Å². The van der Waals surface area contributed by atoms with Crippen LogP contribution in [-0.4, -0.2) is 14.9 Å². The van der Waals surface area contributed by atoms with Crippen LogP contribution < -0.4 is 5.01 Å². The Morgan fingerprint density at radius 2 is 1.69 bits per heavy atom. The number of rotatable bonds is 4. The van der Waals surface area contributed by atoms with Gasteiger partial charge in [0.25, 0.3) is 0 Å². The number of hydrogen-bond acceptors (Lipinski definition) is 5. The number of unbranched alkanes of at least 4 members (excludes halogenated alkanes) is 1. The quantitative estimate of drug-likeness (QED) is 0.369. The van der Waals surface area contributed by atoms with Gasteiger partial charge in [0, 0.05) is 17.4 Å². The van der Waals surface area contributed by atoms with Gasteiger partial charge in [-0.05, 0) is 45.8 Å². The maximum atomic E-state index is 4.50. The fourth-order valence-corrected chi connectivity index (χ4v) is 6.61. The van der Waals surface area contributed by atoms with Crippen LogP contribution in [0.4, 0.5) is 0 Å². The summed E-state index contributed by atoms with van der Waals surface area (Å²) in [7, 11) is 0. The second kappa shape index (κ2) is 6.82. The third-order valence-corrected chi connectivity index (χ3v) is 7.80. The topological polar surface area (TPSA) is 34.0 Å². The molecule has 4 aromatic rings. The second-order valence-electron chi connectivity index (χ2n) is 7.44. The molecule has 1 atom stereocenters. The van der Waals surface area contributed by atoms with Gasteiger partial charge in [0.1, 0.15) is 10.4 Å². The van der Waals surface area contributed by atoms with Gasteiger partial charge in [-0.1, -0.05) is 73.6 Å². The van der Waals surface area contributed by atoms with Crippen LogP contribution in [-0.2, 0) is 6.42 Å². The minimum atomic E-state index is 0.172. The molecule has 0 amide bonds. The molecule has 4 nitrogen and oxygen atoms in total. The molecule has 29 heavy (non-hydrogen) atoms. The van der Waals surface area contributed by atoms with E-state index in [-0.39, 0.29) is 5.37 Å². The number of hydrogen-bond donors (Lipinski definition) is 0. The lowest BCUT2D eigenvalue weighted by Crippen LogP contribution is -2.31. The van der Waals surface area contributed by atoms with Crippen molar-refractivity contribution < 1.29 is 0 Å². The van der Waals surface area contributed by atoms with Crippen molar-refractivity contribution >= 4 is 45.1 Å². The SMILES string of the molecule is CCCCc1nnc2n1N1C(=CSC1c1c3ccccc3cc3ccccc13)S2. The smallest absolute Gasteiger partial charge is 0.216 e. The van der Waals surface area contributed by atoms with Crippen LogP contribution in [0.1, 0.15) is 36.5 Å². The lowest BCUT2D eigenvalue weighted by Gasteiger charge is -2.28. The average Bonchev–Trinajstić information content (AvgIpc) is 3.42. The predicted octanol–water partition coefficient (Wildman–Crippen LogP) is 6.22. The van der Waals surface area contributed by atoms with Crippen molar-refractivity contribution in [3.63, 3.8) is 0 Å². The Balaban J connectivity index is 1.56. The molecule has 2 aliphatic rings. The summed E-state index contributed by atoms with van der Waals surface area (Å²) in [6.45, 7) is 2.22. The first kappa shape index (κ1) is 17.4. The summed E-state index contributed by atoms with van der Waals surface area (Å²) in [5, 5.41) is 21.3. The Hall–Kier alpha value is -2.44. The van der Waals surface area contributed by atoms with E-state index in [1.807, 2.05) is 11.8 Å². The van der Waals surface area contributed by atoms with Crippen LogP contribution in [0.5, 0.6) is 0 Å². The number of aromatic nitrogens is 3. The Morgan fingerprint density at radius 3 is 2.41 bits per heavy atom.